The fourth-order valence-electron chi connectivity index (χ4n) is 2.98. The maximum atomic E-state index is 12.3. The molecule has 0 aromatic carbocycles. The van der Waals surface area contributed by atoms with Crippen LogP contribution >= 0.6 is 0 Å². The Kier molecular flexibility index (Phi) is 7.45. The largest absolute Gasteiger partial charge is 0.379 e. The van der Waals surface area contributed by atoms with Gasteiger partial charge in [0.15, 0.2) is 0 Å². The zero-order valence-corrected chi connectivity index (χ0v) is 14.5. The first-order valence-electron chi connectivity index (χ1n) is 8.63. The van der Waals surface area contributed by atoms with Crippen molar-refractivity contribution in [2.75, 3.05) is 72.1 Å². The van der Waals surface area contributed by atoms with E-state index in [2.05, 4.69) is 4.90 Å². The molecule has 2 saturated heterocycles. The minimum atomic E-state index is 0.00170. The normalized spacial score (nSPS) is 19.2. The summed E-state index contributed by atoms with van der Waals surface area (Å²) in [7, 11) is 0. The Morgan fingerprint density at radius 1 is 1.04 bits per heavy atom. The Bertz CT molecular complexity index is 432. The lowest BCUT2D eigenvalue weighted by Crippen LogP contribution is -2.49. The van der Waals surface area contributed by atoms with E-state index in [9.17, 15) is 14.4 Å². The SMILES string of the molecule is CC(=O)N(CCC(=O)N1CCN(C=O)CC1)CCN1CCOCC1. The van der Waals surface area contributed by atoms with E-state index in [-0.39, 0.29) is 11.8 Å². The molecule has 136 valence electrons. The molecule has 0 radical (unpaired) electrons. The Morgan fingerprint density at radius 2 is 1.71 bits per heavy atom. The zero-order chi connectivity index (χ0) is 17.4. The molecule has 0 spiro atoms. The van der Waals surface area contributed by atoms with E-state index >= 15 is 0 Å². The summed E-state index contributed by atoms with van der Waals surface area (Å²) < 4.78 is 5.32. The minimum absolute atomic E-state index is 0.00170. The van der Waals surface area contributed by atoms with Crippen LogP contribution in [0.15, 0.2) is 0 Å². The van der Waals surface area contributed by atoms with Gasteiger partial charge in [-0.2, -0.15) is 0 Å². The quantitative estimate of drug-likeness (QED) is 0.548. The number of carbonyl (C=O) groups excluding carboxylic acids is 3. The highest BCUT2D eigenvalue weighted by atomic mass is 16.5. The fraction of sp³-hybridized carbons (Fsp3) is 0.812. The van der Waals surface area contributed by atoms with E-state index in [1.54, 1.807) is 21.6 Å². The predicted molar refractivity (Wildman–Crippen MR) is 88.3 cm³/mol. The topological polar surface area (TPSA) is 73.4 Å². The summed E-state index contributed by atoms with van der Waals surface area (Å²) in [6.45, 7) is 9.05. The first-order chi connectivity index (χ1) is 11.6. The molecule has 2 heterocycles. The molecule has 8 nitrogen and oxygen atoms in total. The lowest BCUT2D eigenvalue weighted by molar-refractivity contribution is -0.136. The number of nitrogens with zero attached hydrogens (tertiary/aromatic N) is 4. The minimum Gasteiger partial charge on any atom is -0.379 e. The second kappa shape index (κ2) is 9.58. The van der Waals surface area contributed by atoms with Crippen LogP contribution in [-0.4, -0.2) is 110 Å². The van der Waals surface area contributed by atoms with Crippen molar-refractivity contribution in [3.63, 3.8) is 0 Å². The van der Waals surface area contributed by atoms with Crippen LogP contribution in [-0.2, 0) is 19.1 Å². The Balaban J connectivity index is 1.71. The monoisotopic (exact) mass is 340 g/mol. The highest BCUT2D eigenvalue weighted by Crippen LogP contribution is 2.04. The number of hydrogen-bond donors (Lipinski definition) is 0. The van der Waals surface area contributed by atoms with Crippen LogP contribution in [0.4, 0.5) is 0 Å². The number of morpholine rings is 1. The predicted octanol–water partition coefficient (Wildman–Crippen LogP) is -1.14. The maximum absolute atomic E-state index is 12.3. The molecule has 24 heavy (non-hydrogen) atoms. The number of piperazine rings is 1. The molecule has 8 heteroatoms. The molecular weight excluding hydrogens is 312 g/mol. The molecule has 2 aliphatic heterocycles. The summed E-state index contributed by atoms with van der Waals surface area (Å²) in [5.41, 5.74) is 0. The number of amides is 3. The Hall–Kier alpha value is -1.67. The van der Waals surface area contributed by atoms with E-state index in [0.717, 1.165) is 39.3 Å². The molecule has 0 unspecified atom stereocenters. The van der Waals surface area contributed by atoms with E-state index in [0.29, 0.717) is 45.7 Å². The molecule has 0 aromatic rings. The van der Waals surface area contributed by atoms with E-state index in [4.69, 9.17) is 4.74 Å². The van der Waals surface area contributed by atoms with Crippen molar-refractivity contribution in [2.45, 2.75) is 13.3 Å². The van der Waals surface area contributed by atoms with Crippen LogP contribution in [0, 0.1) is 0 Å². The van der Waals surface area contributed by atoms with Crippen molar-refractivity contribution in [2.24, 2.45) is 0 Å². The summed E-state index contributed by atoms with van der Waals surface area (Å²) in [6.07, 6.45) is 1.16. The molecule has 0 bridgehead atoms. The van der Waals surface area contributed by atoms with Gasteiger partial charge in [-0.15, -0.1) is 0 Å². The molecule has 0 atom stereocenters. The number of rotatable bonds is 7. The van der Waals surface area contributed by atoms with Gasteiger partial charge in [0, 0.05) is 72.2 Å². The highest BCUT2D eigenvalue weighted by molar-refractivity contribution is 5.78. The van der Waals surface area contributed by atoms with Crippen molar-refractivity contribution in [1.82, 2.24) is 19.6 Å². The third-order valence-corrected chi connectivity index (χ3v) is 4.65. The van der Waals surface area contributed by atoms with Gasteiger partial charge in [-0.3, -0.25) is 19.3 Å². The molecule has 2 aliphatic rings. The van der Waals surface area contributed by atoms with Gasteiger partial charge in [0.25, 0.3) is 0 Å². The highest BCUT2D eigenvalue weighted by Gasteiger charge is 2.21. The van der Waals surface area contributed by atoms with Crippen molar-refractivity contribution in [1.29, 1.82) is 0 Å². The van der Waals surface area contributed by atoms with Gasteiger partial charge in [-0.05, 0) is 0 Å². The lowest BCUT2D eigenvalue weighted by atomic mass is 10.2. The molecule has 2 fully saturated rings. The van der Waals surface area contributed by atoms with E-state index < -0.39 is 0 Å². The van der Waals surface area contributed by atoms with Crippen molar-refractivity contribution >= 4 is 18.2 Å². The van der Waals surface area contributed by atoms with Gasteiger partial charge >= 0.3 is 0 Å². The van der Waals surface area contributed by atoms with Crippen molar-refractivity contribution < 1.29 is 19.1 Å². The summed E-state index contributed by atoms with van der Waals surface area (Å²) in [4.78, 5) is 42.3. The summed E-state index contributed by atoms with van der Waals surface area (Å²) in [5, 5.41) is 0. The van der Waals surface area contributed by atoms with Crippen LogP contribution in [0.1, 0.15) is 13.3 Å². The molecule has 2 rings (SSSR count). The van der Waals surface area contributed by atoms with Crippen LogP contribution < -0.4 is 0 Å². The Morgan fingerprint density at radius 3 is 2.29 bits per heavy atom. The molecule has 0 saturated carbocycles. The second-order valence-corrected chi connectivity index (χ2v) is 6.23. The van der Waals surface area contributed by atoms with Crippen molar-refractivity contribution in [3.05, 3.63) is 0 Å². The van der Waals surface area contributed by atoms with Gasteiger partial charge in [0.1, 0.15) is 0 Å². The number of carbonyl (C=O) groups is 3. The molecule has 0 aliphatic carbocycles. The van der Waals surface area contributed by atoms with Crippen LogP contribution in [0.25, 0.3) is 0 Å². The van der Waals surface area contributed by atoms with Crippen LogP contribution in [0.5, 0.6) is 0 Å². The van der Waals surface area contributed by atoms with Gasteiger partial charge in [-0.25, -0.2) is 0 Å². The van der Waals surface area contributed by atoms with Crippen LogP contribution in [0.2, 0.25) is 0 Å². The van der Waals surface area contributed by atoms with Gasteiger partial charge in [0.05, 0.1) is 13.2 Å². The summed E-state index contributed by atoms with van der Waals surface area (Å²) in [5.74, 6) is 0.0556. The van der Waals surface area contributed by atoms with E-state index in [1.807, 2.05) is 0 Å². The van der Waals surface area contributed by atoms with Crippen LogP contribution in [0.3, 0.4) is 0 Å². The first-order valence-corrected chi connectivity index (χ1v) is 8.63. The van der Waals surface area contributed by atoms with Crippen molar-refractivity contribution in [3.8, 4) is 0 Å². The molecular formula is C16H28N4O4. The standard InChI is InChI=1S/C16H28N4O4/c1-15(22)19(7-4-17-10-12-24-13-11-17)3-2-16(23)20-8-5-18(14-21)6-9-20/h14H,2-13H2,1H3. The average molecular weight is 340 g/mol. The third kappa shape index (κ3) is 5.76. The number of ether oxygens (including phenoxy) is 1. The second-order valence-electron chi connectivity index (χ2n) is 6.23. The molecule has 0 aromatic heterocycles. The Labute approximate surface area is 143 Å². The van der Waals surface area contributed by atoms with Gasteiger partial charge < -0.3 is 19.4 Å². The zero-order valence-electron chi connectivity index (χ0n) is 14.5. The summed E-state index contributed by atoms with van der Waals surface area (Å²) in [6, 6.07) is 0. The van der Waals surface area contributed by atoms with E-state index in [1.165, 1.54) is 0 Å². The third-order valence-electron chi connectivity index (χ3n) is 4.65. The lowest BCUT2D eigenvalue weighted by Gasteiger charge is -2.33. The summed E-state index contributed by atoms with van der Waals surface area (Å²) >= 11 is 0. The molecule has 3 amide bonds. The van der Waals surface area contributed by atoms with Gasteiger partial charge in [-0.1, -0.05) is 0 Å². The first kappa shape index (κ1) is 18.7. The molecule has 0 N–H and O–H groups in total. The fourth-order valence-corrected chi connectivity index (χ4v) is 2.98. The smallest absolute Gasteiger partial charge is 0.224 e. The average Bonchev–Trinajstić information content (AvgIpc) is 2.62. The number of hydrogen-bond acceptors (Lipinski definition) is 5. The maximum Gasteiger partial charge on any atom is 0.224 e. The van der Waals surface area contributed by atoms with Gasteiger partial charge in [0.2, 0.25) is 18.2 Å².